The van der Waals surface area contributed by atoms with Crippen molar-refractivity contribution in [3.8, 4) is 0 Å². The lowest BCUT2D eigenvalue weighted by atomic mass is 10.1. The quantitative estimate of drug-likeness (QED) is 0.659. The average Bonchev–Trinajstić information content (AvgIpc) is 2.42. The standard InChI is InChI=1S/C13H20N2O3/c1-17-7-8-18-10-13(16)15-12(9-14)11-5-3-2-4-6-11/h2-6,12H,7-10,14H2,1H3,(H,15,16). The van der Waals surface area contributed by atoms with E-state index in [4.69, 9.17) is 15.2 Å². The van der Waals surface area contributed by atoms with E-state index in [0.717, 1.165) is 5.56 Å². The molecule has 5 nitrogen and oxygen atoms in total. The monoisotopic (exact) mass is 252 g/mol. The summed E-state index contributed by atoms with van der Waals surface area (Å²) in [6.07, 6.45) is 0. The fraction of sp³-hybridized carbons (Fsp3) is 0.462. The highest BCUT2D eigenvalue weighted by Gasteiger charge is 2.12. The summed E-state index contributed by atoms with van der Waals surface area (Å²) in [4.78, 5) is 11.6. The fourth-order valence-corrected chi connectivity index (χ4v) is 1.51. The lowest BCUT2D eigenvalue weighted by Gasteiger charge is -2.17. The topological polar surface area (TPSA) is 73.6 Å². The van der Waals surface area contributed by atoms with Crippen LogP contribution in [0, 0.1) is 0 Å². The van der Waals surface area contributed by atoms with Gasteiger partial charge in [-0.3, -0.25) is 4.79 Å². The lowest BCUT2D eigenvalue weighted by molar-refractivity contribution is -0.126. The highest BCUT2D eigenvalue weighted by molar-refractivity contribution is 5.77. The zero-order valence-electron chi connectivity index (χ0n) is 10.6. The Morgan fingerprint density at radius 3 is 2.67 bits per heavy atom. The first-order chi connectivity index (χ1) is 8.77. The molecule has 0 fully saturated rings. The molecule has 1 aromatic carbocycles. The van der Waals surface area contributed by atoms with Crippen LogP contribution in [0.3, 0.4) is 0 Å². The second-order valence-corrected chi connectivity index (χ2v) is 3.81. The first-order valence-electron chi connectivity index (χ1n) is 5.89. The molecule has 0 saturated carbocycles. The van der Waals surface area contributed by atoms with Gasteiger partial charge in [-0.05, 0) is 5.56 Å². The lowest BCUT2D eigenvalue weighted by Crippen LogP contribution is -2.35. The van der Waals surface area contributed by atoms with Crippen LogP contribution in [0.25, 0.3) is 0 Å². The van der Waals surface area contributed by atoms with Crippen molar-refractivity contribution in [3.63, 3.8) is 0 Å². The minimum absolute atomic E-state index is 0.0205. The first kappa shape index (κ1) is 14.6. The molecule has 100 valence electrons. The number of ether oxygens (including phenoxy) is 2. The molecule has 1 atom stereocenters. The summed E-state index contributed by atoms with van der Waals surface area (Å²) >= 11 is 0. The van der Waals surface area contributed by atoms with Crippen molar-refractivity contribution in [1.82, 2.24) is 5.32 Å². The summed E-state index contributed by atoms with van der Waals surface area (Å²) in [5.74, 6) is -0.176. The molecular weight excluding hydrogens is 232 g/mol. The van der Waals surface area contributed by atoms with Gasteiger partial charge >= 0.3 is 0 Å². The Labute approximate surface area is 107 Å². The van der Waals surface area contributed by atoms with Crippen molar-refractivity contribution >= 4 is 5.91 Å². The van der Waals surface area contributed by atoms with E-state index in [2.05, 4.69) is 5.32 Å². The van der Waals surface area contributed by atoms with Crippen molar-refractivity contribution in [2.24, 2.45) is 5.73 Å². The zero-order chi connectivity index (χ0) is 13.2. The number of benzene rings is 1. The van der Waals surface area contributed by atoms with Gasteiger partial charge in [-0.1, -0.05) is 30.3 Å². The first-order valence-corrected chi connectivity index (χ1v) is 5.89. The number of carbonyl (C=O) groups is 1. The number of hydrogen-bond acceptors (Lipinski definition) is 4. The molecule has 0 spiro atoms. The normalized spacial score (nSPS) is 12.1. The number of rotatable bonds is 8. The summed E-state index contributed by atoms with van der Waals surface area (Å²) in [5.41, 5.74) is 6.64. The highest BCUT2D eigenvalue weighted by Crippen LogP contribution is 2.10. The molecule has 18 heavy (non-hydrogen) atoms. The molecule has 0 bridgehead atoms. The predicted octanol–water partition coefficient (Wildman–Crippen LogP) is 0.466. The smallest absolute Gasteiger partial charge is 0.246 e. The molecule has 1 unspecified atom stereocenters. The van der Waals surface area contributed by atoms with E-state index in [1.54, 1.807) is 7.11 Å². The fourth-order valence-electron chi connectivity index (χ4n) is 1.51. The van der Waals surface area contributed by atoms with Crippen molar-refractivity contribution in [3.05, 3.63) is 35.9 Å². The van der Waals surface area contributed by atoms with Crippen molar-refractivity contribution < 1.29 is 14.3 Å². The average molecular weight is 252 g/mol. The van der Waals surface area contributed by atoms with Crippen LogP contribution in [0.15, 0.2) is 30.3 Å². The summed E-state index contributed by atoms with van der Waals surface area (Å²) in [6, 6.07) is 9.45. The third kappa shape index (κ3) is 5.27. The number of hydrogen-bond donors (Lipinski definition) is 2. The van der Waals surface area contributed by atoms with Gasteiger partial charge < -0.3 is 20.5 Å². The van der Waals surface area contributed by atoms with E-state index in [0.29, 0.717) is 19.8 Å². The summed E-state index contributed by atoms with van der Waals surface area (Å²) in [6.45, 7) is 1.26. The third-order valence-electron chi connectivity index (χ3n) is 2.44. The van der Waals surface area contributed by atoms with Gasteiger partial charge in [-0.15, -0.1) is 0 Å². The molecule has 0 aliphatic rings. The van der Waals surface area contributed by atoms with Crippen LogP contribution >= 0.6 is 0 Å². The van der Waals surface area contributed by atoms with Crippen molar-refractivity contribution in [2.75, 3.05) is 33.5 Å². The molecule has 0 heterocycles. The molecule has 0 aliphatic carbocycles. The van der Waals surface area contributed by atoms with Gasteiger partial charge in [0.2, 0.25) is 5.91 Å². The minimum atomic E-state index is -0.176. The summed E-state index contributed by atoms with van der Waals surface area (Å²) in [7, 11) is 1.59. The minimum Gasteiger partial charge on any atom is -0.382 e. The van der Waals surface area contributed by atoms with Crippen LogP contribution in [0.1, 0.15) is 11.6 Å². The molecule has 1 amide bonds. The Bertz CT molecular complexity index is 343. The van der Waals surface area contributed by atoms with Crippen LogP contribution in [0.5, 0.6) is 0 Å². The molecule has 5 heteroatoms. The molecular formula is C13H20N2O3. The second kappa shape index (κ2) is 8.63. The Balaban J connectivity index is 2.37. The van der Waals surface area contributed by atoms with Crippen LogP contribution in [0.4, 0.5) is 0 Å². The Morgan fingerprint density at radius 2 is 2.06 bits per heavy atom. The van der Waals surface area contributed by atoms with Gasteiger partial charge in [0, 0.05) is 13.7 Å². The van der Waals surface area contributed by atoms with Crippen LogP contribution in [-0.2, 0) is 14.3 Å². The molecule has 0 radical (unpaired) electrons. The van der Waals surface area contributed by atoms with E-state index < -0.39 is 0 Å². The number of carbonyl (C=O) groups excluding carboxylic acids is 1. The predicted molar refractivity (Wildman–Crippen MR) is 69.1 cm³/mol. The molecule has 0 saturated heterocycles. The van der Waals surface area contributed by atoms with Gasteiger partial charge in [0.25, 0.3) is 0 Å². The van der Waals surface area contributed by atoms with E-state index in [1.165, 1.54) is 0 Å². The van der Waals surface area contributed by atoms with Crippen LogP contribution < -0.4 is 11.1 Å². The van der Waals surface area contributed by atoms with Crippen molar-refractivity contribution in [2.45, 2.75) is 6.04 Å². The SMILES string of the molecule is COCCOCC(=O)NC(CN)c1ccccc1. The second-order valence-electron chi connectivity index (χ2n) is 3.81. The number of methoxy groups -OCH3 is 1. The molecule has 1 rings (SSSR count). The number of nitrogens with one attached hydrogen (secondary N) is 1. The molecule has 0 aromatic heterocycles. The summed E-state index contributed by atoms with van der Waals surface area (Å²) < 4.78 is 9.96. The van der Waals surface area contributed by atoms with Crippen LogP contribution in [-0.4, -0.2) is 39.4 Å². The van der Waals surface area contributed by atoms with Gasteiger partial charge in [0.05, 0.1) is 19.3 Å². The Kier molecular flexibility index (Phi) is 7.01. The van der Waals surface area contributed by atoms with Gasteiger partial charge in [0.1, 0.15) is 6.61 Å². The van der Waals surface area contributed by atoms with Gasteiger partial charge in [0.15, 0.2) is 0 Å². The number of amides is 1. The van der Waals surface area contributed by atoms with E-state index in [-0.39, 0.29) is 18.6 Å². The van der Waals surface area contributed by atoms with E-state index in [9.17, 15) is 4.79 Å². The molecule has 3 N–H and O–H groups in total. The van der Waals surface area contributed by atoms with E-state index in [1.807, 2.05) is 30.3 Å². The van der Waals surface area contributed by atoms with Crippen molar-refractivity contribution in [1.29, 1.82) is 0 Å². The Morgan fingerprint density at radius 1 is 1.33 bits per heavy atom. The zero-order valence-corrected chi connectivity index (χ0v) is 10.6. The van der Waals surface area contributed by atoms with Gasteiger partial charge in [-0.25, -0.2) is 0 Å². The largest absolute Gasteiger partial charge is 0.382 e. The highest BCUT2D eigenvalue weighted by atomic mass is 16.5. The number of nitrogens with two attached hydrogens (primary N) is 1. The summed E-state index contributed by atoms with van der Waals surface area (Å²) in [5, 5.41) is 2.83. The Hall–Kier alpha value is -1.43. The maximum atomic E-state index is 11.6. The molecule has 0 aliphatic heterocycles. The van der Waals surface area contributed by atoms with Gasteiger partial charge in [-0.2, -0.15) is 0 Å². The molecule has 1 aromatic rings. The maximum absolute atomic E-state index is 11.6. The van der Waals surface area contributed by atoms with E-state index >= 15 is 0 Å². The van der Waals surface area contributed by atoms with Crippen LogP contribution in [0.2, 0.25) is 0 Å². The third-order valence-corrected chi connectivity index (χ3v) is 2.44. The maximum Gasteiger partial charge on any atom is 0.246 e.